The van der Waals surface area contributed by atoms with Crippen LogP contribution in [0.1, 0.15) is 19.3 Å². The average Bonchev–Trinajstić information content (AvgIpc) is 2.52. The summed E-state index contributed by atoms with van der Waals surface area (Å²) in [6.45, 7) is 1.03. The van der Waals surface area contributed by atoms with Crippen LogP contribution in [0.15, 0.2) is 4.99 Å². The highest BCUT2D eigenvalue weighted by Crippen LogP contribution is 2.38. The molecule has 1 spiro atoms. The predicted molar refractivity (Wildman–Crippen MR) is 33.1 cm³/mol. The van der Waals surface area contributed by atoms with E-state index in [9.17, 15) is 0 Å². The van der Waals surface area contributed by atoms with Crippen LogP contribution in [-0.2, 0) is 0 Å². The fourth-order valence-electron chi connectivity index (χ4n) is 1.14. The van der Waals surface area contributed by atoms with Crippen molar-refractivity contribution in [1.29, 1.82) is 0 Å². The highest BCUT2D eigenvalue weighted by molar-refractivity contribution is 5.57. The second-order valence-corrected chi connectivity index (χ2v) is 2.71. The van der Waals surface area contributed by atoms with Crippen LogP contribution in [0.3, 0.4) is 0 Å². The highest BCUT2D eigenvalue weighted by Gasteiger charge is 2.42. The molecule has 0 aromatic carbocycles. The number of hydrogen-bond acceptors (Lipinski definition) is 2. The van der Waals surface area contributed by atoms with E-state index in [1.807, 2.05) is 6.34 Å². The van der Waals surface area contributed by atoms with Crippen molar-refractivity contribution in [3.8, 4) is 0 Å². The fourth-order valence-corrected chi connectivity index (χ4v) is 1.14. The first-order chi connectivity index (χ1) is 3.91. The maximum absolute atomic E-state index is 4.08. The third-order valence-corrected chi connectivity index (χ3v) is 2.04. The smallest absolute Gasteiger partial charge is 0.0828 e. The van der Waals surface area contributed by atoms with Crippen LogP contribution < -0.4 is 5.32 Å². The highest BCUT2D eigenvalue weighted by atomic mass is 15.1. The third-order valence-electron chi connectivity index (χ3n) is 2.04. The molecule has 1 aliphatic heterocycles. The third kappa shape index (κ3) is 0.522. The molecule has 0 aromatic heterocycles. The van der Waals surface area contributed by atoms with Gasteiger partial charge in [0.15, 0.2) is 0 Å². The first-order valence-electron chi connectivity index (χ1n) is 3.17. The van der Waals surface area contributed by atoms with Crippen LogP contribution in [0.4, 0.5) is 0 Å². The molecule has 0 atom stereocenters. The molecule has 1 aliphatic carbocycles. The van der Waals surface area contributed by atoms with Crippen molar-refractivity contribution in [2.75, 3.05) is 6.54 Å². The Balaban J connectivity index is 2.08. The summed E-state index contributed by atoms with van der Waals surface area (Å²) >= 11 is 0. The molecule has 1 N–H and O–H groups in total. The van der Waals surface area contributed by atoms with E-state index in [1.165, 1.54) is 19.3 Å². The van der Waals surface area contributed by atoms with Gasteiger partial charge in [0.25, 0.3) is 0 Å². The largest absolute Gasteiger partial charge is 0.371 e. The van der Waals surface area contributed by atoms with Crippen LogP contribution in [0.2, 0.25) is 0 Å². The molecule has 1 fully saturated rings. The van der Waals surface area contributed by atoms with Gasteiger partial charge in [-0.05, 0) is 19.3 Å². The Kier molecular flexibility index (Phi) is 0.678. The molecule has 0 bridgehead atoms. The molecule has 0 amide bonds. The minimum Gasteiger partial charge on any atom is -0.371 e. The zero-order valence-electron chi connectivity index (χ0n) is 4.85. The summed E-state index contributed by atoms with van der Waals surface area (Å²) in [4.78, 5) is 4.08. The van der Waals surface area contributed by atoms with E-state index in [2.05, 4.69) is 10.3 Å². The van der Waals surface area contributed by atoms with Gasteiger partial charge in [0.2, 0.25) is 0 Å². The molecule has 2 nitrogen and oxygen atoms in total. The van der Waals surface area contributed by atoms with E-state index in [4.69, 9.17) is 0 Å². The van der Waals surface area contributed by atoms with Gasteiger partial charge in [-0.3, -0.25) is 4.99 Å². The van der Waals surface area contributed by atoms with Crippen LogP contribution in [-0.4, -0.2) is 18.4 Å². The molecule has 2 aliphatic rings. The number of nitrogens with zero attached hydrogens (tertiary/aromatic N) is 1. The summed E-state index contributed by atoms with van der Waals surface area (Å²) in [6, 6.07) is 0. The van der Waals surface area contributed by atoms with E-state index in [0.29, 0.717) is 5.54 Å². The number of hydrogen-bond donors (Lipinski definition) is 1. The van der Waals surface area contributed by atoms with Gasteiger partial charge in [0, 0.05) is 12.1 Å². The molecule has 0 aromatic rings. The Morgan fingerprint density at radius 2 is 2.25 bits per heavy atom. The van der Waals surface area contributed by atoms with E-state index in [1.54, 1.807) is 0 Å². The van der Waals surface area contributed by atoms with E-state index in [0.717, 1.165) is 6.54 Å². The lowest BCUT2D eigenvalue weighted by Crippen LogP contribution is -2.33. The monoisotopic (exact) mass is 110 g/mol. The van der Waals surface area contributed by atoms with E-state index in [-0.39, 0.29) is 0 Å². The van der Waals surface area contributed by atoms with Gasteiger partial charge in [-0.25, -0.2) is 0 Å². The normalized spacial score (nSPS) is 30.0. The number of rotatable bonds is 0. The predicted octanol–water partition coefficient (Wildman–Crippen LogP) is 0.541. The number of nitrogens with one attached hydrogen (secondary N) is 1. The summed E-state index contributed by atoms with van der Waals surface area (Å²) < 4.78 is 0. The molecule has 0 unspecified atom stereocenters. The minimum atomic E-state index is 0.530. The maximum Gasteiger partial charge on any atom is 0.0828 e. The molecule has 8 heavy (non-hydrogen) atoms. The summed E-state index contributed by atoms with van der Waals surface area (Å²) in [5, 5.41) is 3.28. The topological polar surface area (TPSA) is 24.4 Å². The van der Waals surface area contributed by atoms with Crippen molar-refractivity contribution < 1.29 is 0 Å². The lowest BCUT2D eigenvalue weighted by Gasteiger charge is -2.17. The van der Waals surface area contributed by atoms with Gasteiger partial charge in [0.05, 0.1) is 6.34 Å². The quantitative estimate of drug-likeness (QED) is 0.483. The lowest BCUT2D eigenvalue weighted by molar-refractivity contribution is 0.541. The fraction of sp³-hybridized carbons (Fsp3) is 0.833. The first kappa shape index (κ1) is 4.36. The Morgan fingerprint density at radius 1 is 1.38 bits per heavy atom. The Hall–Kier alpha value is -0.530. The van der Waals surface area contributed by atoms with Crippen molar-refractivity contribution in [2.24, 2.45) is 4.99 Å². The van der Waals surface area contributed by atoms with Crippen LogP contribution in [0.5, 0.6) is 0 Å². The zero-order valence-corrected chi connectivity index (χ0v) is 4.85. The van der Waals surface area contributed by atoms with Crippen molar-refractivity contribution >= 4 is 6.34 Å². The van der Waals surface area contributed by atoms with Crippen molar-refractivity contribution in [2.45, 2.75) is 24.8 Å². The van der Waals surface area contributed by atoms with Crippen molar-refractivity contribution in [3.63, 3.8) is 0 Å². The number of aliphatic imine (C=N–C) groups is 1. The van der Waals surface area contributed by atoms with Crippen LogP contribution in [0, 0.1) is 0 Å². The van der Waals surface area contributed by atoms with Gasteiger partial charge in [-0.2, -0.15) is 0 Å². The van der Waals surface area contributed by atoms with Gasteiger partial charge < -0.3 is 5.32 Å². The molecule has 2 rings (SSSR count). The van der Waals surface area contributed by atoms with Gasteiger partial charge in [-0.15, -0.1) is 0 Å². The molecule has 1 heterocycles. The minimum absolute atomic E-state index is 0.530. The molecule has 2 heteroatoms. The van der Waals surface area contributed by atoms with Gasteiger partial charge >= 0.3 is 0 Å². The van der Waals surface area contributed by atoms with Crippen molar-refractivity contribution in [1.82, 2.24) is 5.32 Å². The maximum atomic E-state index is 4.08. The summed E-state index contributed by atoms with van der Waals surface area (Å²) in [6.07, 6.45) is 5.83. The average molecular weight is 110 g/mol. The molecular formula is C6H10N2. The van der Waals surface area contributed by atoms with E-state index >= 15 is 0 Å². The van der Waals surface area contributed by atoms with Gasteiger partial charge in [0.1, 0.15) is 0 Å². The van der Waals surface area contributed by atoms with E-state index < -0.39 is 0 Å². The summed E-state index contributed by atoms with van der Waals surface area (Å²) in [7, 11) is 0. The summed E-state index contributed by atoms with van der Waals surface area (Å²) in [5.74, 6) is 0. The van der Waals surface area contributed by atoms with Crippen molar-refractivity contribution in [3.05, 3.63) is 0 Å². The first-order valence-corrected chi connectivity index (χ1v) is 3.17. The molecule has 0 saturated heterocycles. The molecule has 0 radical (unpaired) electrons. The Bertz CT molecular complexity index is 124. The Morgan fingerprint density at radius 3 is 2.62 bits per heavy atom. The zero-order chi connectivity index (χ0) is 5.45. The van der Waals surface area contributed by atoms with Crippen LogP contribution >= 0.6 is 0 Å². The molecule has 1 saturated carbocycles. The Labute approximate surface area is 49.0 Å². The summed E-state index contributed by atoms with van der Waals surface area (Å²) in [5.41, 5.74) is 0.530. The second kappa shape index (κ2) is 1.24. The SMILES string of the molecule is C1=NCCC2(CC2)N1. The second-order valence-electron chi connectivity index (χ2n) is 2.71. The lowest BCUT2D eigenvalue weighted by atomic mass is 10.2. The van der Waals surface area contributed by atoms with Gasteiger partial charge in [-0.1, -0.05) is 0 Å². The molecular weight excluding hydrogens is 100 g/mol. The standard InChI is InChI=1S/C6H10N2/c1-2-6(1)3-4-7-5-8-6/h5H,1-4H2,(H,7,8). The molecule has 44 valence electrons. The van der Waals surface area contributed by atoms with Crippen LogP contribution in [0.25, 0.3) is 0 Å².